The van der Waals surface area contributed by atoms with Crippen LogP contribution in [0.2, 0.25) is 0 Å². The van der Waals surface area contributed by atoms with Crippen molar-refractivity contribution in [3.63, 3.8) is 0 Å². The summed E-state index contributed by atoms with van der Waals surface area (Å²) >= 11 is 5.28. The number of piperidine rings is 1. The normalized spacial score (nSPS) is 24.9. The van der Waals surface area contributed by atoms with E-state index in [2.05, 4.69) is 11.0 Å². The van der Waals surface area contributed by atoms with Gasteiger partial charge < -0.3 is 9.64 Å². The number of nitrogens with zero attached hydrogens (tertiary/aromatic N) is 1. The Morgan fingerprint density at radius 1 is 1.73 bits per heavy atom. The summed E-state index contributed by atoms with van der Waals surface area (Å²) in [6, 6.07) is 0. The Labute approximate surface area is 95.1 Å². The third-order valence-corrected chi connectivity index (χ3v) is 3.32. The minimum atomic E-state index is -0.0989. The Kier molecular flexibility index (Phi) is 3.05. The number of ether oxygens (including phenoxy) is 1. The zero-order valence-electron chi connectivity index (χ0n) is 8.86. The zero-order valence-corrected chi connectivity index (χ0v) is 9.68. The molecule has 1 fully saturated rings. The van der Waals surface area contributed by atoms with Crippen LogP contribution in [0.4, 0.5) is 0 Å². The fourth-order valence-electron chi connectivity index (χ4n) is 2.21. The molecule has 0 aliphatic carbocycles. The van der Waals surface area contributed by atoms with Crippen LogP contribution < -0.4 is 0 Å². The number of rotatable bonds is 2. The first-order valence-corrected chi connectivity index (χ1v) is 5.82. The van der Waals surface area contributed by atoms with Crippen LogP contribution in [-0.2, 0) is 9.53 Å². The number of hydrogen-bond acceptors (Lipinski definition) is 3. The Bertz CT molecular complexity index is 325. The molecular weight excluding hydrogens is 210 g/mol. The molecule has 3 nitrogen and oxygen atoms in total. The fraction of sp³-hybridized carbons (Fsp3) is 0.636. The molecule has 0 bridgehead atoms. The molecule has 2 aliphatic rings. The standard InChI is InChI=1S/C11H15NO2S/c1-2-14-11(13)8-5-6-10(15)12-7-3-4-9(8)12/h4,8H,2-3,5-7H2,1H3. The molecule has 4 heteroatoms. The monoisotopic (exact) mass is 225 g/mol. The van der Waals surface area contributed by atoms with Gasteiger partial charge in [-0.3, -0.25) is 4.79 Å². The van der Waals surface area contributed by atoms with Crippen molar-refractivity contribution in [2.45, 2.75) is 26.2 Å². The molecule has 0 amide bonds. The highest BCUT2D eigenvalue weighted by molar-refractivity contribution is 7.80. The minimum absolute atomic E-state index is 0.0841. The molecule has 0 aromatic heterocycles. The van der Waals surface area contributed by atoms with Gasteiger partial charge in [-0.2, -0.15) is 0 Å². The predicted octanol–water partition coefficient (Wildman–Crippen LogP) is 1.88. The first kappa shape index (κ1) is 10.6. The lowest BCUT2D eigenvalue weighted by Gasteiger charge is -2.32. The molecule has 0 radical (unpaired) electrons. The van der Waals surface area contributed by atoms with Crippen molar-refractivity contribution in [3.8, 4) is 0 Å². The maximum Gasteiger partial charge on any atom is 0.314 e. The number of fused-ring (bicyclic) bond motifs is 1. The van der Waals surface area contributed by atoms with Gasteiger partial charge in [0.15, 0.2) is 0 Å². The van der Waals surface area contributed by atoms with Crippen molar-refractivity contribution in [2.24, 2.45) is 5.92 Å². The highest BCUT2D eigenvalue weighted by Gasteiger charge is 2.35. The van der Waals surface area contributed by atoms with Gasteiger partial charge in [0.1, 0.15) is 0 Å². The Morgan fingerprint density at radius 2 is 2.53 bits per heavy atom. The zero-order chi connectivity index (χ0) is 10.8. The fourth-order valence-corrected chi connectivity index (χ4v) is 2.53. The smallest absolute Gasteiger partial charge is 0.314 e. The third-order valence-electron chi connectivity index (χ3n) is 2.89. The van der Waals surface area contributed by atoms with Crippen LogP contribution in [0.5, 0.6) is 0 Å². The first-order valence-electron chi connectivity index (χ1n) is 5.41. The molecule has 82 valence electrons. The van der Waals surface area contributed by atoms with Gasteiger partial charge in [0.2, 0.25) is 0 Å². The number of carbonyl (C=O) groups excluding carboxylic acids is 1. The van der Waals surface area contributed by atoms with Gasteiger partial charge in [0, 0.05) is 12.2 Å². The molecular formula is C11H15NO2S. The Balaban J connectivity index is 2.13. The number of thiocarbonyl (C=S) groups is 1. The highest BCUT2D eigenvalue weighted by atomic mass is 32.1. The molecule has 0 aromatic carbocycles. The van der Waals surface area contributed by atoms with Crippen molar-refractivity contribution in [3.05, 3.63) is 11.8 Å². The van der Waals surface area contributed by atoms with Crippen LogP contribution >= 0.6 is 12.2 Å². The molecule has 15 heavy (non-hydrogen) atoms. The van der Waals surface area contributed by atoms with Crippen molar-refractivity contribution >= 4 is 23.2 Å². The number of hydrogen-bond donors (Lipinski definition) is 0. The van der Waals surface area contributed by atoms with Crippen LogP contribution in [-0.4, -0.2) is 29.0 Å². The maximum absolute atomic E-state index is 11.7. The van der Waals surface area contributed by atoms with Gasteiger partial charge >= 0.3 is 5.97 Å². The second-order valence-corrected chi connectivity index (χ2v) is 4.28. The van der Waals surface area contributed by atoms with E-state index < -0.39 is 0 Å². The van der Waals surface area contributed by atoms with Crippen LogP contribution in [0.15, 0.2) is 11.8 Å². The van der Waals surface area contributed by atoms with Crippen LogP contribution in [0.3, 0.4) is 0 Å². The van der Waals surface area contributed by atoms with Gasteiger partial charge in [-0.25, -0.2) is 0 Å². The minimum Gasteiger partial charge on any atom is -0.465 e. The van der Waals surface area contributed by atoms with Crippen LogP contribution in [0.1, 0.15) is 26.2 Å². The van der Waals surface area contributed by atoms with E-state index in [0.717, 1.165) is 36.5 Å². The number of esters is 1. The maximum atomic E-state index is 11.7. The molecule has 2 heterocycles. The molecule has 0 spiro atoms. The summed E-state index contributed by atoms with van der Waals surface area (Å²) in [6.07, 6.45) is 4.74. The van der Waals surface area contributed by atoms with Gasteiger partial charge in [0.25, 0.3) is 0 Å². The summed E-state index contributed by atoms with van der Waals surface area (Å²) in [4.78, 5) is 14.8. The van der Waals surface area contributed by atoms with E-state index in [4.69, 9.17) is 17.0 Å². The van der Waals surface area contributed by atoms with E-state index >= 15 is 0 Å². The SMILES string of the molecule is CCOC(=O)C1CCC(=S)N2CCC=C12. The summed E-state index contributed by atoms with van der Waals surface area (Å²) in [5.74, 6) is -0.183. The lowest BCUT2D eigenvalue weighted by atomic mass is 9.95. The topological polar surface area (TPSA) is 29.5 Å². The van der Waals surface area contributed by atoms with E-state index in [1.165, 1.54) is 0 Å². The molecule has 2 aliphatic heterocycles. The lowest BCUT2D eigenvalue weighted by Crippen LogP contribution is -2.38. The average Bonchev–Trinajstić information content (AvgIpc) is 2.68. The Morgan fingerprint density at radius 3 is 3.27 bits per heavy atom. The van der Waals surface area contributed by atoms with Gasteiger partial charge in [-0.15, -0.1) is 0 Å². The van der Waals surface area contributed by atoms with Crippen LogP contribution in [0.25, 0.3) is 0 Å². The van der Waals surface area contributed by atoms with E-state index in [1.807, 2.05) is 6.92 Å². The average molecular weight is 225 g/mol. The lowest BCUT2D eigenvalue weighted by molar-refractivity contribution is -0.147. The molecule has 0 N–H and O–H groups in total. The van der Waals surface area contributed by atoms with Gasteiger partial charge in [0.05, 0.1) is 17.5 Å². The van der Waals surface area contributed by atoms with Crippen LogP contribution in [0, 0.1) is 5.92 Å². The predicted molar refractivity (Wildman–Crippen MR) is 61.4 cm³/mol. The van der Waals surface area contributed by atoms with E-state index in [0.29, 0.717) is 6.61 Å². The Hall–Kier alpha value is -0.900. The molecule has 1 unspecified atom stereocenters. The summed E-state index contributed by atoms with van der Waals surface area (Å²) in [5.41, 5.74) is 1.07. The van der Waals surface area contributed by atoms with E-state index in [9.17, 15) is 4.79 Å². The second-order valence-electron chi connectivity index (χ2n) is 3.81. The first-order chi connectivity index (χ1) is 7.24. The molecule has 1 saturated heterocycles. The van der Waals surface area contributed by atoms with Crippen molar-refractivity contribution in [1.29, 1.82) is 0 Å². The van der Waals surface area contributed by atoms with Crippen molar-refractivity contribution < 1.29 is 9.53 Å². The third kappa shape index (κ3) is 1.91. The van der Waals surface area contributed by atoms with Crippen molar-refractivity contribution in [1.82, 2.24) is 4.90 Å². The van der Waals surface area contributed by atoms with Gasteiger partial charge in [-0.1, -0.05) is 18.3 Å². The van der Waals surface area contributed by atoms with E-state index in [1.54, 1.807) is 0 Å². The van der Waals surface area contributed by atoms with E-state index in [-0.39, 0.29) is 11.9 Å². The quantitative estimate of drug-likeness (QED) is 0.530. The summed E-state index contributed by atoms with van der Waals surface area (Å²) in [7, 11) is 0. The van der Waals surface area contributed by atoms with Gasteiger partial charge in [-0.05, 0) is 26.2 Å². The molecule has 1 atom stereocenters. The second kappa shape index (κ2) is 4.31. The highest BCUT2D eigenvalue weighted by Crippen LogP contribution is 2.33. The summed E-state index contributed by atoms with van der Waals surface area (Å²) in [6.45, 7) is 3.23. The summed E-state index contributed by atoms with van der Waals surface area (Å²) < 4.78 is 5.08. The molecule has 0 aromatic rings. The number of carbonyl (C=O) groups is 1. The molecule has 2 rings (SSSR count). The van der Waals surface area contributed by atoms with Crippen molar-refractivity contribution in [2.75, 3.05) is 13.2 Å². The molecule has 0 saturated carbocycles. The summed E-state index contributed by atoms with van der Waals surface area (Å²) in [5, 5.41) is 0. The largest absolute Gasteiger partial charge is 0.465 e.